The van der Waals surface area contributed by atoms with E-state index in [1.807, 2.05) is 0 Å². The van der Waals surface area contributed by atoms with Crippen molar-refractivity contribution < 1.29 is 4.42 Å². The number of aryl methyl sites for hydroxylation is 1. The second kappa shape index (κ2) is 3.94. The highest BCUT2D eigenvalue weighted by molar-refractivity contribution is 7.15. The van der Waals surface area contributed by atoms with E-state index in [9.17, 15) is 0 Å². The van der Waals surface area contributed by atoms with Crippen LogP contribution in [0.5, 0.6) is 0 Å². The van der Waals surface area contributed by atoms with Gasteiger partial charge >= 0.3 is 0 Å². The van der Waals surface area contributed by atoms with Gasteiger partial charge in [0.2, 0.25) is 0 Å². The first-order chi connectivity index (χ1) is 6.85. The number of oxazole rings is 1. The molecule has 0 radical (unpaired) electrons. The van der Waals surface area contributed by atoms with Crippen LogP contribution in [0.1, 0.15) is 17.5 Å². The van der Waals surface area contributed by atoms with Gasteiger partial charge in [-0.15, -0.1) is 11.3 Å². The van der Waals surface area contributed by atoms with E-state index in [0.717, 1.165) is 22.8 Å². The summed E-state index contributed by atoms with van der Waals surface area (Å²) in [6, 6.07) is 4.17. The Morgan fingerprint density at radius 1 is 1.50 bits per heavy atom. The number of rotatable bonds is 3. The quantitative estimate of drug-likeness (QED) is 0.842. The molecule has 0 bridgehead atoms. The first-order valence-electron chi connectivity index (χ1n) is 4.56. The van der Waals surface area contributed by atoms with Crippen molar-refractivity contribution >= 4 is 11.3 Å². The molecule has 0 fully saturated rings. The summed E-state index contributed by atoms with van der Waals surface area (Å²) >= 11 is 1.73. The van der Waals surface area contributed by atoms with Gasteiger partial charge in [0.25, 0.3) is 0 Å². The van der Waals surface area contributed by atoms with E-state index in [-0.39, 0.29) is 0 Å². The molecule has 2 aromatic heterocycles. The predicted molar refractivity (Wildman–Crippen MR) is 57.1 cm³/mol. The number of hydrogen-bond acceptors (Lipinski definition) is 4. The summed E-state index contributed by atoms with van der Waals surface area (Å²) in [6.07, 6.45) is 2.50. The Kier molecular flexibility index (Phi) is 2.65. The van der Waals surface area contributed by atoms with Crippen molar-refractivity contribution in [2.45, 2.75) is 19.9 Å². The van der Waals surface area contributed by atoms with Crippen LogP contribution in [0.3, 0.4) is 0 Å². The summed E-state index contributed by atoms with van der Waals surface area (Å²) in [5.41, 5.74) is 6.38. The molecule has 4 heteroatoms. The third kappa shape index (κ3) is 1.58. The van der Waals surface area contributed by atoms with Crippen LogP contribution in [0, 0.1) is 0 Å². The van der Waals surface area contributed by atoms with E-state index in [0.29, 0.717) is 6.54 Å². The highest BCUT2D eigenvalue weighted by Crippen LogP contribution is 2.30. The maximum Gasteiger partial charge on any atom is 0.181 e. The largest absolute Gasteiger partial charge is 0.442 e. The Balaban J connectivity index is 2.38. The van der Waals surface area contributed by atoms with Gasteiger partial charge in [-0.1, -0.05) is 6.92 Å². The van der Waals surface area contributed by atoms with Crippen molar-refractivity contribution in [1.29, 1.82) is 0 Å². The molecule has 2 rings (SSSR count). The average molecular weight is 208 g/mol. The fraction of sp³-hybridized carbons (Fsp3) is 0.300. The Hall–Kier alpha value is -1.13. The molecule has 0 aromatic carbocycles. The van der Waals surface area contributed by atoms with Gasteiger partial charge in [-0.2, -0.15) is 0 Å². The van der Waals surface area contributed by atoms with Crippen LogP contribution in [0.2, 0.25) is 0 Å². The zero-order valence-corrected chi connectivity index (χ0v) is 8.80. The molecule has 0 aliphatic carbocycles. The number of thiophene rings is 1. The Morgan fingerprint density at radius 3 is 3.00 bits per heavy atom. The average Bonchev–Trinajstić information content (AvgIpc) is 2.85. The second-order valence-corrected chi connectivity index (χ2v) is 4.12. The van der Waals surface area contributed by atoms with E-state index in [4.69, 9.17) is 10.2 Å². The molecular weight excluding hydrogens is 196 g/mol. The normalized spacial score (nSPS) is 10.7. The molecule has 2 aromatic rings. The molecule has 3 nitrogen and oxygen atoms in total. The Labute approximate surface area is 86.6 Å². The summed E-state index contributed by atoms with van der Waals surface area (Å²) in [6.45, 7) is 2.56. The minimum Gasteiger partial charge on any atom is -0.442 e. The highest BCUT2D eigenvalue weighted by Gasteiger charge is 2.11. The summed E-state index contributed by atoms with van der Waals surface area (Å²) in [5.74, 6) is 0.817. The van der Waals surface area contributed by atoms with Crippen molar-refractivity contribution in [2.75, 3.05) is 0 Å². The molecule has 0 aliphatic rings. The standard InChI is InChI=1S/C10H12N2OS/c1-2-7-3-4-9(14-7)10-8(5-11)12-6-13-10/h3-4,6H,2,5,11H2,1H3. The molecule has 74 valence electrons. The van der Waals surface area contributed by atoms with Crippen LogP contribution >= 0.6 is 11.3 Å². The molecule has 0 saturated heterocycles. The topological polar surface area (TPSA) is 52.0 Å². The minimum atomic E-state index is 0.422. The molecule has 0 atom stereocenters. The maximum absolute atomic E-state index is 5.55. The van der Waals surface area contributed by atoms with Gasteiger partial charge in [-0.3, -0.25) is 0 Å². The summed E-state index contributed by atoms with van der Waals surface area (Å²) in [7, 11) is 0. The van der Waals surface area contributed by atoms with E-state index >= 15 is 0 Å². The predicted octanol–water partition coefficient (Wildman–Crippen LogP) is 2.42. The van der Waals surface area contributed by atoms with Gasteiger partial charge in [-0.25, -0.2) is 4.98 Å². The highest BCUT2D eigenvalue weighted by atomic mass is 32.1. The fourth-order valence-corrected chi connectivity index (χ4v) is 2.26. The Morgan fingerprint density at radius 2 is 2.36 bits per heavy atom. The molecule has 0 aliphatic heterocycles. The molecule has 0 unspecified atom stereocenters. The van der Waals surface area contributed by atoms with Crippen LogP contribution in [0.4, 0.5) is 0 Å². The third-order valence-electron chi connectivity index (χ3n) is 2.07. The van der Waals surface area contributed by atoms with Crippen LogP contribution in [-0.2, 0) is 13.0 Å². The van der Waals surface area contributed by atoms with Crippen LogP contribution in [0.25, 0.3) is 10.6 Å². The Bertz CT molecular complexity index is 419. The van der Waals surface area contributed by atoms with Crippen molar-refractivity contribution in [1.82, 2.24) is 4.98 Å². The summed E-state index contributed by atoms with van der Waals surface area (Å²) in [4.78, 5) is 6.52. The first kappa shape index (κ1) is 9.43. The van der Waals surface area contributed by atoms with Crippen LogP contribution < -0.4 is 5.73 Å². The van der Waals surface area contributed by atoms with Gasteiger partial charge in [0.1, 0.15) is 5.69 Å². The lowest BCUT2D eigenvalue weighted by atomic mass is 10.3. The monoisotopic (exact) mass is 208 g/mol. The number of hydrogen-bond donors (Lipinski definition) is 1. The van der Waals surface area contributed by atoms with Crippen LogP contribution in [-0.4, -0.2) is 4.98 Å². The number of nitrogens with zero attached hydrogens (tertiary/aromatic N) is 1. The zero-order chi connectivity index (χ0) is 9.97. The molecule has 14 heavy (non-hydrogen) atoms. The fourth-order valence-electron chi connectivity index (χ4n) is 1.30. The van der Waals surface area contributed by atoms with Crippen LogP contribution in [0.15, 0.2) is 22.9 Å². The van der Waals surface area contributed by atoms with Gasteiger partial charge in [0.15, 0.2) is 12.2 Å². The second-order valence-electron chi connectivity index (χ2n) is 2.95. The zero-order valence-electron chi connectivity index (χ0n) is 7.99. The SMILES string of the molecule is CCc1ccc(-c2ocnc2CN)s1. The van der Waals surface area contributed by atoms with E-state index < -0.39 is 0 Å². The van der Waals surface area contributed by atoms with Crippen molar-refractivity contribution in [3.63, 3.8) is 0 Å². The molecule has 0 amide bonds. The number of aromatic nitrogens is 1. The lowest BCUT2D eigenvalue weighted by molar-refractivity contribution is 0.572. The van der Waals surface area contributed by atoms with E-state index in [1.54, 1.807) is 11.3 Å². The molecule has 0 saturated carbocycles. The first-order valence-corrected chi connectivity index (χ1v) is 5.38. The smallest absolute Gasteiger partial charge is 0.181 e. The lowest BCUT2D eigenvalue weighted by Crippen LogP contribution is -1.97. The maximum atomic E-state index is 5.55. The van der Waals surface area contributed by atoms with Gasteiger partial charge in [0, 0.05) is 11.4 Å². The van der Waals surface area contributed by atoms with E-state index in [1.165, 1.54) is 11.3 Å². The minimum absolute atomic E-state index is 0.422. The van der Waals surface area contributed by atoms with Gasteiger partial charge in [0.05, 0.1) is 4.88 Å². The third-order valence-corrected chi connectivity index (χ3v) is 3.30. The van der Waals surface area contributed by atoms with Gasteiger partial charge < -0.3 is 10.2 Å². The summed E-state index contributed by atoms with van der Waals surface area (Å²) in [5, 5.41) is 0. The lowest BCUT2D eigenvalue weighted by Gasteiger charge is -1.93. The molecule has 2 N–H and O–H groups in total. The molecule has 2 heterocycles. The summed E-state index contributed by atoms with van der Waals surface area (Å²) < 4.78 is 5.32. The van der Waals surface area contributed by atoms with Crippen molar-refractivity contribution in [3.8, 4) is 10.6 Å². The van der Waals surface area contributed by atoms with E-state index in [2.05, 4.69) is 24.0 Å². The van der Waals surface area contributed by atoms with Crippen molar-refractivity contribution in [2.24, 2.45) is 5.73 Å². The molecule has 0 spiro atoms. The number of nitrogens with two attached hydrogens (primary N) is 1. The van der Waals surface area contributed by atoms with Gasteiger partial charge in [-0.05, 0) is 18.6 Å². The van der Waals surface area contributed by atoms with Crippen molar-refractivity contribution in [3.05, 3.63) is 29.1 Å². The molecular formula is C10H12N2OS.